The first-order valence-electron chi connectivity index (χ1n) is 7.94. The lowest BCUT2D eigenvalue weighted by Gasteiger charge is -2.40. The lowest BCUT2D eigenvalue weighted by Crippen LogP contribution is -2.54. The Morgan fingerprint density at radius 3 is 2.62 bits per heavy atom. The molecule has 1 amide bonds. The molecule has 2 fully saturated rings. The predicted molar refractivity (Wildman–Crippen MR) is 82.7 cm³/mol. The summed E-state index contributed by atoms with van der Waals surface area (Å²) in [4.78, 5) is 18.7. The predicted octanol–water partition coefficient (Wildman–Crippen LogP) is -0.143. The van der Waals surface area contributed by atoms with Gasteiger partial charge in [0, 0.05) is 32.2 Å². The van der Waals surface area contributed by atoms with Crippen molar-refractivity contribution in [3.63, 3.8) is 0 Å². The molecule has 2 saturated heterocycles. The highest BCUT2D eigenvalue weighted by Gasteiger charge is 2.30. The zero-order valence-electron chi connectivity index (χ0n) is 13.0. The first-order chi connectivity index (χ1) is 10.2. The van der Waals surface area contributed by atoms with Crippen molar-refractivity contribution in [3.05, 3.63) is 0 Å². The Hall–Kier alpha value is -1.09. The van der Waals surface area contributed by atoms with Crippen molar-refractivity contribution in [1.82, 2.24) is 14.7 Å². The molecule has 2 rings (SSSR count). The van der Waals surface area contributed by atoms with Gasteiger partial charge in [-0.15, -0.1) is 6.42 Å². The van der Waals surface area contributed by atoms with E-state index in [9.17, 15) is 9.90 Å². The minimum absolute atomic E-state index is 0.130. The van der Waals surface area contributed by atoms with E-state index in [0.717, 1.165) is 45.6 Å². The average molecular weight is 293 g/mol. The van der Waals surface area contributed by atoms with Crippen LogP contribution in [-0.4, -0.2) is 84.2 Å². The van der Waals surface area contributed by atoms with Crippen molar-refractivity contribution in [2.45, 2.75) is 25.8 Å². The monoisotopic (exact) mass is 293 g/mol. The zero-order chi connectivity index (χ0) is 15.2. The van der Waals surface area contributed by atoms with Gasteiger partial charge in [0.2, 0.25) is 5.91 Å². The highest BCUT2D eigenvalue weighted by molar-refractivity contribution is 5.78. The summed E-state index contributed by atoms with van der Waals surface area (Å²) in [5.41, 5.74) is 0. The maximum Gasteiger partial charge on any atom is 0.236 e. The molecule has 0 aromatic carbocycles. The molecule has 118 valence electrons. The third-order valence-electron chi connectivity index (χ3n) is 4.80. The van der Waals surface area contributed by atoms with Crippen LogP contribution in [-0.2, 0) is 4.79 Å². The van der Waals surface area contributed by atoms with E-state index >= 15 is 0 Å². The molecule has 2 heterocycles. The molecule has 5 heteroatoms. The summed E-state index contributed by atoms with van der Waals surface area (Å²) >= 11 is 0. The Kier molecular flexibility index (Phi) is 6.04. The number of amides is 1. The molecule has 0 aliphatic carbocycles. The zero-order valence-corrected chi connectivity index (χ0v) is 13.0. The highest BCUT2D eigenvalue weighted by atomic mass is 16.3. The summed E-state index contributed by atoms with van der Waals surface area (Å²) in [5, 5.41) is 9.56. The van der Waals surface area contributed by atoms with Crippen molar-refractivity contribution in [3.8, 4) is 12.3 Å². The first kappa shape index (κ1) is 16.3. The number of aliphatic hydroxyl groups excluding tert-OH is 1. The van der Waals surface area contributed by atoms with Crippen molar-refractivity contribution in [2.24, 2.45) is 5.92 Å². The Labute approximate surface area is 127 Å². The van der Waals surface area contributed by atoms with Crippen molar-refractivity contribution < 1.29 is 9.90 Å². The molecule has 2 unspecified atom stereocenters. The van der Waals surface area contributed by atoms with Crippen molar-refractivity contribution in [1.29, 1.82) is 0 Å². The molecular weight excluding hydrogens is 266 g/mol. The summed E-state index contributed by atoms with van der Waals surface area (Å²) in [6.45, 7) is 7.55. The van der Waals surface area contributed by atoms with Gasteiger partial charge in [-0.2, -0.15) is 0 Å². The van der Waals surface area contributed by atoms with E-state index in [0.29, 0.717) is 19.0 Å². The van der Waals surface area contributed by atoms with Gasteiger partial charge in [0.25, 0.3) is 0 Å². The molecule has 0 bridgehead atoms. The quantitative estimate of drug-likeness (QED) is 0.733. The largest absolute Gasteiger partial charge is 0.395 e. The Balaban J connectivity index is 1.83. The van der Waals surface area contributed by atoms with Crippen LogP contribution in [0.15, 0.2) is 0 Å². The summed E-state index contributed by atoms with van der Waals surface area (Å²) in [5.74, 6) is 3.30. The molecule has 0 radical (unpaired) electrons. The molecule has 0 saturated carbocycles. The van der Waals surface area contributed by atoms with Gasteiger partial charge in [-0.25, -0.2) is 0 Å². The van der Waals surface area contributed by atoms with E-state index in [1.165, 1.54) is 0 Å². The van der Waals surface area contributed by atoms with E-state index in [1.807, 2.05) is 4.90 Å². The van der Waals surface area contributed by atoms with Crippen LogP contribution in [0.3, 0.4) is 0 Å². The van der Waals surface area contributed by atoms with Crippen LogP contribution < -0.4 is 0 Å². The number of carbonyl (C=O) groups excluding carboxylic acids is 1. The van der Waals surface area contributed by atoms with E-state index in [2.05, 4.69) is 22.6 Å². The maximum atomic E-state index is 12.4. The number of hydrogen-bond acceptors (Lipinski definition) is 4. The number of terminal acetylenes is 1. The molecule has 0 aromatic heterocycles. The van der Waals surface area contributed by atoms with Crippen LogP contribution >= 0.6 is 0 Å². The van der Waals surface area contributed by atoms with Gasteiger partial charge in [-0.05, 0) is 25.3 Å². The van der Waals surface area contributed by atoms with E-state index < -0.39 is 0 Å². The van der Waals surface area contributed by atoms with Crippen LogP contribution in [0.2, 0.25) is 0 Å². The second kappa shape index (κ2) is 7.79. The molecule has 2 atom stereocenters. The fourth-order valence-corrected chi connectivity index (χ4v) is 3.38. The van der Waals surface area contributed by atoms with Gasteiger partial charge in [-0.3, -0.25) is 14.6 Å². The second-order valence-electron chi connectivity index (χ2n) is 6.20. The van der Waals surface area contributed by atoms with Gasteiger partial charge < -0.3 is 10.0 Å². The van der Waals surface area contributed by atoms with E-state index in [-0.39, 0.29) is 18.6 Å². The van der Waals surface area contributed by atoms with Gasteiger partial charge in [0.15, 0.2) is 0 Å². The van der Waals surface area contributed by atoms with Crippen LogP contribution in [0.1, 0.15) is 19.8 Å². The molecule has 2 aliphatic heterocycles. The van der Waals surface area contributed by atoms with Crippen LogP contribution in [0.4, 0.5) is 0 Å². The van der Waals surface area contributed by atoms with E-state index in [4.69, 9.17) is 6.42 Å². The number of carbonyl (C=O) groups is 1. The SMILES string of the molecule is C#CCN1CCN(C(=O)CN2CCCC(C)C2CO)CC1. The standard InChI is InChI=1S/C16H27N3O2/c1-3-6-17-8-10-18(11-9-17)16(21)12-19-7-4-5-14(2)15(19)13-20/h1,14-15,20H,4-13H2,2H3. The number of piperidine rings is 1. The second-order valence-corrected chi connectivity index (χ2v) is 6.20. The Bertz CT molecular complexity index is 385. The molecule has 0 spiro atoms. The molecular formula is C16H27N3O2. The molecule has 2 aliphatic rings. The summed E-state index contributed by atoms with van der Waals surface area (Å²) in [6, 6.07) is 0.130. The van der Waals surface area contributed by atoms with Crippen molar-refractivity contribution in [2.75, 3.05) is 52.4 Å². The smallest absolute Gasteiger partial charge is 0.236 e. The number of piperazine rings is 1. The number of likely N-dealkylation sites (tertiary alicyclic amines) is 1. The van der Waals surface area contributed by atoms with Crippen LogP contribution in [0.5, 0.6) is 0 Å². The van der Waals surface area contributed by atoms with Gasteiger partial charge in [-0.1, -0.05) is 12.8 Å². The number of aliphatic hydroxyl groups is 1. The molecule has 0 aromatic rings. The first-order valence-corrected chi connectivity index (χ1v) is 7.94. The van der Waals surface area contributed by atoms with Gasteiger partial charge >= 0.3 is 0 Å². The Morgan fingerprint density at radius 1 is 1.29 bits per heavy atom. The van der Waals surface area contributed by atoms with Crippen LogP contribution in [0, 0.1) is 18.3 Å². The van der Waals surface area contributed by atoms with Crippen molar-refractivity contribution >= 4 is 5.91 Å². The minimum atomic E-state index is 0.130. The van der Waals surface area contributed by atoms with Gasteiger partial charge in [0.1, 0.15) is 0 Å². The van der Waals surface area contributed by atoms with E-state index in [1.54, 1.807) is 0 Å². The highest BCUT2D eigenvalue weighted by Crippen LogP contribution is 2.22. The fourth-order valence-electron chi connectivity index (χ4n) is 3.38. The normalized spacial score (nSPS) is 28.3. The topological polar surface area (TPSA) is 47.0 Å². The lowest BCUT2D eigenvalue weighted by atomic mass is 9.91. The number of rotatable bonds is 4. The molecule has 1 N–H and O–H groups in total. The number of hydrogen-bond donors (Lipinski definition) is 1. The Morgan fingerprint density at radius 2 is 2.00 bits per heavy atom. The third-order valence-corrected chi connectivity index (χ3v) is 4.80. The number of nitrogens with zero attached hydrogens (tertiary/aromatic N) is 3. The summed E-state index contributed by atoms with van der Waals surface area (Å²) in [7, 11) is 0. The maximum absolute atomic E-state index is 12.4. The summed E-state index contributed by atoms with van der Waals surface area (Å²) in [6.07, 6.45) is 7.57. The average Bonchev–Trinajstić information content (AvgIpc) is 2.48. The molecule has 5 nitrogen and oxygen atoms in total. The third kappa shape index (κ3) is 4.19. The lowest BCUT2D eigenvalue weighted by molar-refractivity contribution is -0.135. The fraction of sp³-hybridized carbons (Fsp3) is 0.812. The van der Waals surface area contributed by atoms with Gasteiger partial charge in [0.05, 0.1) is 19.7 Å². The minimum Gasteiger partial charge on any atom is -0.395 e. The van der Waals surface area contributed by atoms with Crippen LogP contribution in [0.25, 0.3) is 0 Å². The summed E-state index contributed by atoms with van der Waals surface area (Å²) < 4.78 is 0. The molecule has 21 heavy (non-hydrogen) atoms.